The molecular weight excluding hydrogens is 160 g/mol. The molecule has 0 unspecified atom stereocenters. The normalized spacial score (nSPS) is 11.5. The summed E-state index contributed by atoms with van der Waals surface area (Å²) in [6.07, 6.45) is 6.47. The number of hydrogen-bond acceptors (Lipinski definition) is 0. The average molecular weight is 174 g/mol. The summed E-state index contributed by atoms with van der Waals surface area (Å²) in [5.41, 5.74) is 2.44. The van der Waals surface area contributed by atoms with Crippen molar-refractivity contribution < 1.29 is 4.42 Å². The Bertz CT molecular complexity index is 293. The van der Waals surface area contributed by atoms with Gasteiger partial charge in [0.25, 0.3) is 0 Å². The van der Waals surface area contributed by atoms with E-state index in [-0.39, 0.29) is 0 Å². The van der Waals surface area contributed by atoms with E-state index < -0.39 is 0 Å². The van der Waals surface area contributed by atoms with Gasteiger partial charge in [0.05, 0.1) is 0 Å². The van der Waals surface area contributed by atoms with Crippen LogP contribution in [0, 0.1) is 6.92 Å². The van der Waals surface area contributed by atoms with E-state index in [0.717, 1.165) is 5.56 Å². The van der Waals surface area contributed by atoms with Crippen LogP contribution in [0.2, 0.25) is 0 Å². The molecule has 0 atom stereocenters. The molecule has 0 radical (unpaired) electrons. The predicted molar refractivity (Wildman–Crippen MR) is 56.4 cm³/mol. The second kappa shape index (κ2) is 5.31. The number of aryl methyl sites for hydroxylation is 1. The molecule has 1 aromatic carbocycles. The zero-order valence-electron chi connectivity index (χ0n) is 8.08. The lowest BCUT2D eigenvalue weighted by molar-refractivity contribution is 0.125. The topological polar surface area (TPSA) is 11.3 Å². The van der Waals surface area contributed by atoms with E-state index in [1.54, 1.807) is 6.08 Å². The third kappa shape index (κ3) is 3.70. The van der Waals surface area contributed by atoms with Crippen LogP contribution in [0.15, 0.2) is 30.3 Å². The highest BCUT2D eigenvalue weighted by Gasteiger charge is 1.80. The van der Waals surface area contributed by atoms with E-state index in [2.05, 4.69) is 37.5 Å². The molecular formula is C12H14O. The zero-order valence-corrected chi connectivity index (χ0v) is 8.08. The van der Waals surface area contributed by atoms with Crippen molar-refractivity contribution in [3.05, 3.63) is 41.5 Å². The minimum Gasteiger partial charge on any atom is -0.353 e. The van der Waals surface area contributed by atoms with Gasteiger partial charge in [-0.25, -0.2) is 0 Å². The van der Waals surface area contributed by atoms with Crippen molar-refractivity contribution in [1.29, 1.82) is 0 Å². The first-order valence-electron chi connectivity index (χ1n) is 4.43. The molecule has 1 heteroatoms. The molecule has 0 N–H and O–H groups in total. The Balaban J connectivity index is 2.59. The van der Waals surface area contributed by atoms with Crippen LogP contribution in [0.5, 0.6) is 0 Å². The summed E-state index contributed by atoms with van der Waals surface area (Å²) in [6, 6.07) is 8.31. The highest BCUT2D eigenvalue weighted by atomic mass is 16.4. The quantitative estimate of drug-likeness (QED) is 0.379. The van der Waals surface area contributed by atoms with Gasteiger partial charge in [-0.2, -0.15) is 6.08 Å². The summed E-state index contributed by atoms with van der Waals surface area (Å²) in [5, 5.41) is 0. The van der Waals surface area contributed by atoms with Gasteiger partial charge < -0.3 is 4.42 Å². The smallest absolute Gasteiger partial charge is 0.236 e. The van der Waals surface area contributed by atoms with Gasteiger partial charge in [0, 0.05) is 6.92 Å². The number of benzene rings is 1. The number of allylic oxidation sites excluding steroid dienone is 1. The summed E-state index contributed by atoms with van der Waals surface area (Å²) in [6.45, 7) is 4.68. The van der Waals surface area contributed by atoms with Crippen LogP contribution in [0.25, 0.3) is 6.08 Å². The minimum absolute atomic E-state index is 0.665. The lowest BCUT2D eigenvalue weighted by Gasteiger charge is -1.96. The molecule has 0 amide bonds. The first-order valence-corrected chi connectivity index (χ1v) is 4.43. The highest BCUT2D eigenvalue weighted by Crippen LogP contribution is 2.03. The first kappa shape index (κ1) is 9.72. The highest BCUT2D eigenvalue weighted by molar-refractivity contribution is 5.74. The Kier molecular flexibility index (Phi) is 3.97. The van der Waals surface area contributed by atoms with Crippen LogP contribution in [0.1, 0.15) is 18.1 Å². The molecule has 1 aromatic rings. The molecule has 0 aliphatic carbocycles. The number of rotatable bonds is 3. The molecule has 0 heterocycles. The first-order chi connectivity index (χ1) is 6.33. The second-order valence-corrected chi connectivity index (χ2v) is 2.79. The van der Waals surface area contributed by atoms with Crippen LogP contribution in [0.4, 0.5) is 0 Å². The van der Waals surface area contributed by atoms with Gasteiger partial charge in [0.15, 0.2) is 0 Å². The van der Waals surface area contributed by atoms with E-state index in [4.69, 9.17) is 4.42 Å². The average Bonchev–Trinajstić information content (AvgIpc) is 2.15. The van der Waals surface area contributed by atoms with Gasteiger partial charge in [-0.1, -0.05) is 29.8 Å². The molecule has 0 fully saturated rings. The van der Waals surface area contributed by atoms with Crippen molar-refractivity contribution in [3.63, 3.8) is 0 Å². The molecule has 68 valence electrons. The van der Waals surface area contributed by atoms with Gasteiger partial charge in [-0.3, -0.25) is 0 Å². The summed E-state index contributed by atoms with van der Waals surface area (Å²) in [5.74, 6) is 0. The maximum atomic E-state index is 4.94. The maximum absolute atomic E-state index is 4.94. The van der Waals surface area contributed by atoms with Crippen molar-refractivity contribution in [3.8, 4) is 0 Å². The third-order valence-electron chi connectivity index (χ3n) is 1.65. The fourth-order valence-corrected chi connectivity index (χ4v) is 0.939. The molecule has 0 bridgehead atoms. The SMILES string of the molecule is CC[O+]=[C-]/C=C/c1ccc(C)cc1. The van der Waals surface area contributed by atoms with Gasteiger partial charge in [-0.05, 0) is 6.92 Å². The number of carbonyl (C=O) groups excluding carboxylic acids is 1. The second-order valence-electron chi connectivity index (χ2n) is 2.79. The van der Waals surface area contributed by atoms with Crippen LogP contribution >= 0.6 is 0 Å². The molecule has 1 rings (SSSR count). The molecule has 0 aromatic heterocycles. The molecule has 0 saturated carbocycles. The summed E-state index contributed by atoms with van der Waals surface area (Å²) >= 11 is 0. The lowest BCUT2D eigenvalue weighted by atomic mass is 10.1. The Morgan fingerprint density at radius 3 is 2.62 bits per heavy atom. The lowest BCUT2D eigenvalue weighted by Crippen LogP contribution is -1.77. The van der Waals surface area contributed by atoms with Crippen molar-refractivity contribution >= 4 is 12.4 Å². The maximum Gasteiger partial charge on any atom is 0.236 e. The number of hydrogen-bond donors (Lipinski definition) is 0. The molecule has 0 aliphatic rings. The van der Waals surface area contributed by atoms with Crippen LogP contribution in [0.3, 0.4) is 0 Å². The van der Waals surface area contributed by atoms with E-state index in [1.165, 1.54) is 5.56 Å². The molecule has 1 nitrogen and oxygen atoms in total. The third-order valence-corrected chi connectivity index (χ3v) is 1.65. The van der Waals surface area contributed by atoms with Gasteiger partial charge in [0.1, 0.15) is 0 Å². The Hall–Kier alpha value is -1.37. The predicted octanol–water partition coefficient (Wildman–Crippen LogP) is 2.67. The molecule has 0 spiro atoms. The largest absolute Gasteiger partial charge is 0.353 e. The fraction of sp³-hybridized carbons (Fsp3) is 0.250. The van der Waals surface area contributed by atoms with Gasteiger partial charge in [-0.15, -0.1) is 11.6 Å². The molecule has 0 aliphatic heterocycles. The van der Waals surface area contributed by atoms with Crippen molar-refractivity contribution in [2.45, 2.75) is 13.8 Å². The fourth-order valence-electron chi connectivity index (χ4n) is 0.939. The van der Waals surface area contributed by atoms with Crippen molar-refractivity contribution in [2.75, 3.05) is 6.61 Å². The van der Waals surface area contributed by atoms with Crippen LogP contribution in [-0.4, -0.2) is 12.9 Å². The van der Waals surface area contributed by atoms with E-state index in [1.807, 2.05) is 13.0 Å². The van der Waals surface area contributed by atoms with E-state index >= 15 is 0 Å². The van der Waals surface area contributed by atoms with Crippen molar-refractivity contribution in [1.82, 2.24) is 0 Å². The van der Waals surface area contributed by atoms with Gasteiger partial charge >= 0.3 is 0 Å². The van der Waals surface area contributed by atoms with E-state index in [9.17, 15) is 0 Å². The molecule has 0 saturated heterocycles. The molecule has 13 heavy (non-hydrogen) atoms. The Morgan fingerprint density at radius 1 is 1.31 bits per heavy atom. The Labute approximate surface area is 79.4 Å². The summed E-state index contributed by atoms with van der Waals surface area (Å²) < 4.78 is 4.94. The summed E-state index contributed by atoms with van der Waals surface area (Å²) in [7, 11) is 0. The summed E-state index contributed by atoms with van der Waals surface area (Å²) in [4.78, 5) is 0. The van der Waals surface area contributed by atoms with Crippen LogP contribution in [-0.2, 0) is 4.42 Å². The Morgan fingerprint density at radius 2 is 2.00 bits per heavy atom. The van der Waals surface area contributed by atoms with E-state index in [0.29, 0.717) is 6.61 Å². The monoisotopic (exact) mass is 174 g/mol. The zero-order chi connectivity index (χ0) is 9.52. The van der Waals surface area contributed by atoms with Gasteiger partial charge in [0.2, 0.25) is 12.9 Å². The van der Waals surface area contributed by atoms with Crippen LogP contribution < -0.4 is 0 Å². The van der Waals surface area contributed by atoms with Crippen molar-refractivity contribution in [2.24, 2.45) is 0 Å². The standard InChI is InChI=1S/C12H14O/c1-3-13-10-4-5-12-8-6-11(2)7-9-12/h4-9H,3H2,1-2H3/b5-4+. The minimum atomic E-state index is 0.665.